The van der Waals surface area contributed by atoms with Crippen molar-refractivity contribution in [2.24, 2.45) is 0 Å². The monoisotopic (exact) mass is 298 g/mol. The Morgan fingerprint density at radius 1 is 1.32 bits per heavy atom. The molecule has 0 N–H and O–H groups in total. The molecular weight excluding hydrogens is 276 g/mol. The third-order valence-corrected chi connectivity index (χ3v) is 2.60. The van der Waals surface area contributed by atoms with Crippen LogP contribution in [-0.2, 0) is 14.3 Å². The van der Waals surface area contributed by atoms with E-state index in [0.717, 1.165) is 0 Å². The molecule has 1 saturated heterocycles. The number of hydrogen-bond acceptors (Lipinski definition) is 3. The normalized spacial score (nSPS) is 16.0. The molecular formula is C19H22O3. The van der Waals surface area contributed by atoms with Gasteiger partial charge in [0.1, 0.15) is 12.7 Å². The van der Waals surface area contributed by atoms with Crippen LogP contribution in [0.1, 0.15) is 12.5 Å². The van der Waals surface area contributed by atoms with Crippen LogP contribution in [0.3, 0.4) is 0 Å². The van der Waals surface area contributed by atoms with Crippen LogP contribution in [0.5, 0.6) is 0 Å². The van der Waals surface area contributed by atoms with Crippen LogP contribution in [0.4, 0.5) is 0 Å². The molecule has 22 heavy (non-hydrogen) atoms. The predicted molar refractivity (Wildman–Crippen MR) is 90.3 cm³/mol. The Hall–Kier alpha value is -2.39. The van der Waals surface area contributed by atoms with E-state index in [0.29, 0.717) is 18.8 Å². The molecule has 1 heterocycles. The van der Waals surface area contributed by atoms with Crippen LogP contribution in [-0.4, -0.2) is 25.3 Å². The van der Waals surface area contributed by atoms with E-state index < -0.39 is 0 Å². The molecule has 0 aromatic heterocycles. The fourth-order valence-electron chi connectivity index (χ4n) is 1.33. The number of esters is 1. The van der Waals surface area contributed by atoms with Gasteiger partial charge in [0, 0.05) is 5.57 Å². The van der Waals surface area contributed by atoms with Gasteiger partial charge in [-0.05, 0) is 12.5 Å². The van der Waals surface area contributed by atoms with E-state index in [-0.39, 0.29) is 12.1 Å². The van der Waals surface area contributed by atoms with Crippen molar-refractivity contribution < 1.29 is 14.3 Å². The molecule has 1 atom stereocenters. The van der Waals surface area contributed by atoms with Gasteiger partial charge in [-0.25, -0.2) is 4.79 Å². The Kier molecular flexibility index (Phi) is 8.31. The van der Waals surface area contributed by atoms with Crippen molar-refractivity contribution in [1.29, 1.82) is 0 Å². The molecule has 3 nitrogen and oxygen atoms in total. The lowest BCUT2D eigenvalue weighted by Gasteiger charge is -1.99. The Labute approximate surface area is 132 Å². The molecule has 2 rings (SSSR count). The molecule has 116 valence electrons. The second kappa shape index (κ2) is 10.4. The summed E-state index contributed by atoms with van der Waals surface area (Å²) in [6, 6.07) is 10.2. The topological polar surface area (TPSA) is 38.8 Å². The molecule has 0 bridgehead atoms. The van der Waals surface area contributed by atoms with E-state index in [1.54, 1.807) is 13.0 Å². The minimum absolute atomic E-state index is 0.142. The third-order valence-electron chi connectivity index (χ3n) is 2.60. The molecule has 0 aliphatic carbocycles. The average molecular weight is 298 g/mol. The lowest BCUT2D eigenvalue weighted by atomic mass is 10.2. The number of epoxide rings is 1. The summed E-state index contributed by atoms with van der Waals surface area (Å²) in [4.78, 5) is 10.7. The highest BCUT2D eigenvalue weighted by Crippen LogP contribution is 2.09. The van der Waals surface area contributed by atoms with Crippen LogP contribution >= 0.6 is 0 Å². The lowest BCUT2D eigenvalue weighted by Crippen LogP contribution is -2.09. The number of carbonyl (C=O) groups is 1. The molecule has 1 aromatic carbocycles. The van der Waals surface area contributed by atoms with E-state index >= 15 is 0 Å². The molecule has 1 aliphatic rings. The molecule has 0 spiro atoms. The zero-order valence-corrected chi connectivity index (χ0v) is 12.9. The molecule has 3 heteroatoms. The lowest BCUT2D eigenvalue weighted by molar-refractivity contribution is -0.139. The molecule has 1 aliphatic heterocycles. The second-order valence-corrected chi connectivity index (χ2v) is 4.72. The van der Waals surface area contributed by atoms with Crippen LogP contribution < -0.4 is 0 Å². The van der Waals surface area contributed by atoms with E-state index in [1.807, 2.05) is 36.4 Å². The van der Waals surface area contributed by atoms with Crippen molar-refractivity contribution in [3.8, 4) is 0 Å². The zero-order chi connectivity index (χ0) is 16.2. The van der Waals surface area contributed by atoms with Crippen LogP contribution in [0.2, 0.25) is 0 Å². The summed E-state index contributed by atoms with van der Waals surface area (Å²) >= 11 is 0. The largest absolute Gasteiger partial charge is 0.459 e. The standard InChI is InChI=1S/C12H12.C7H10O3/c1-2-3-4-6-9-12-10-7-5-8-11-12;1-5(2)7(8)10-4-6-3-9-6/h2-11H,1H2;6H,1,3-4H2,2H3. The Balaban J connectivity index is 0.000000224. The first-order chi connectivity index (χ1) is 10.6. The first-order valence-corrected chi connectivity index (χ1v) is 7.08. The maximum absolute atomic E-state index is 10.7. The SMILES string of the molecule is C=C(C)C(=O)OCC1CO1.C=CC=CC=Cc1ccccc1. The predicted octanol–water partition coefficient (Wildman–Crippen LogP) is 3.95. The summed E-state index contributed by atoms with van der Waals surface area (Å²) in [7, 11) is 0. The fourth-order valence-corrected chi connectivity index (χ4v) is 1.33. The van der Waals surface area contributed by atoms with E-state index in [4.69, 9.17) is 9.47 Å². The van der Waals surface area contributed by atoms with Gasteiger partial charge >= 0.3 is 5.97 Å². The minimum Gasteiger partial charge on any atom is -0.459 e. The smallest absolute Gasteiger partial charge is 0.333 e. The van der Waals surface area contributed by atoms with Crippen LogP contribution in [0.25, 0.3) is 6.08 Å². The minimum atomic E-state index is -0.337. The van der Waals surface area contributed by atoms with Crippen molar-refractivity contribution in [1.82, 2.24) is 0 Å². The van der Waals surface area contributed by atoms with Gasteiger partial charge in [-0.2, -0.15) is 0 Å². The summed E-state index contributed by atoms with van der Waals surface area (Å²) in [5.41, 5.74) is 1.65. The molecule has 1 unspecified atom stereocenters. The van der Waals surface area contributed by atoms with E-state index in [9.17, 15) is 4.79 Å². The summed E-state index contributed by atoms with van der Waals surface area (Å²) in [5.74, 6) is -0.337. The van der Waals surface area contributed by atoms with E-state index in [2.05, 4.69) is 31.4 Å². The van der Waals surface area contributed by atoms with Crippen LogP contribution in [0.15, 0.2) is 73.4 Å². The maximum atomic E-state index is 10.7. The first-order valence-electron chi connectivity index (χ1n) is 7.08. The summed E-state index contributed by atoms with van der Waals surface area (Å²) in [6.07, 6.45) is 9.81. The first kappa shape index (κ1) is 17.7. The molecule has 1 aromatic rings. The maximum Gasteiger partial charge on any atom is 0.333 e. The number of benzene rings is 1. The van der Waals surface area contributed by atoms with Crippen LogP contribution in [0, 0.1) is 0 Å². The summed E-state index contributed by atoms with van der Waals surface area (Å²) in [5, 5.41) is 0. The fraction of sp³-hybridized carbons (Fsp3) is 0.211. The number of allylic oxidation sites excluding steroid dienone is 4. The van der Waals surface area contributed by atoms with Crippen molar-refractivity contribution in [3.63, 3.8) is 0 Å². The second-order valence-electron chi connectivity index (χ2n) is 4.72. The Morgan fingerprint density at radius 2 is 2.00 bits per heavy atom. The van der Waals surface area contributed by atoms with Gasteiger partial charge in [0.25, 0.3) is 0 Å². The third kappa shape index (κ3) is 8.72. The number of hydrogen-bond donors (Lipinski definition) is 0. The average Bonchev–Trinajstić information content (AvgIpc) is 3.35. The zero-order valence-electron chi connectivity index (χ0n) is 12.9. The molecule has 0 radical (unpaired) electrons. The summed E-state index contributed by atoms with van der Waals surface area (Å²) in [6.45, 7) is 9.72. The Morgan fingerprint density at radius 3 is 2.55 bits per heavy atom. The quantitative estimate of drug-likeness (QED) is 0.345. The number of ether oxygens (including phenoxy) is 2. The highest BCUT2D eigenvalue weighted by Gasteiger charge is 2.24. The molecule has 1 fully saturated rings. The van der Waals surface area contributed by atoms with Gasteiger partial charge in [0.05, 0.1) is 6.61 Å². The highest BCUT2D eigenvalue weighted by atomic mass is 16.6. The van der Waals surface area contributed by atoms with Crippen molar-refractivity contribution in [2.45, 2.75) is 13.0 Å². The highest BCUT2D eigenvalue weighted by molar-refractivity contribution is 5.86. The Bertz CT molecular complexity index is 537. The molecule has 0 saturated carbocycles. The van der Waals surface area contributed by atoms with Gasteiger partial charge in [0.2, 0.25) is 0 Å². The van der Waals surface area contributed by atoms with Crippen molar-refractivity contribution in [2.75, 3.05) is 13.2 Å². The number of rotatable bonds is 6. The van der Waals surface area contributed by atoms with Crippen molar-refractivity contribution >= 4 is 12.0 Å². The van der Waals surface area contributed by atoms with Gasteiger partial charge < -0.3 is 9.47 Å². The summed E-state index contributed by atoms with van der Waals surface area (Å²) < 4.78 is 9.60. The van der Waals surface area contributed by atoms with Crippen molar-refractivity contribution in [3.05, 3.63) is 78.9 Å². The van der Waals surface area contributed by atoms with Gasteiger partial charge in [-0.15, -0.1) is 0 Å². The molecule has 0 amide bonds. The van der Waals surface area contributed by atoms with Gasteiger partial charge in [-0.1, -0.05) is 73.9 Å². The van der Waals surface area contributed by atoms with E-state index in [1.165, 1.54) is 5.56 Å². The van der Waals surface area contributed by atoms with Gasteiger partial charge in [-0.3, -0.25) is 0 Å². The van der Waals surface area contributed by atoms with Gasteiger partial charge in [0.15, 0.2) is 0 Å². The number of carbonyl (C=O) groups excluding carboxylic acids is 1.